The van der Waals surface area contributed by atoms with Crippen LogP contribution < -0.4 is 15.0 Å². The van der Waals surface area contributed by atoms with Crippen molar-refractivity contribution in [1.29, 1.82) is 0 Å². The summed E-state index contributed by atoms with van der Waals surface area (Å²) in [7, 11) is 0. The van der Waals surface area contributed by atoms with E-state index in [0.29, 0.717) is 30.8 Å². The van der Waals surface area contributed by atoms with E-state index in [1.165, 1.54) is 16.0 Å². The predicted octanol–water partition coefficient (Wildman–Crippen LogP) is 8.19. The Kier molecular flexibility index (Phi) is 9.52. The maximum absolute atomic E-state index is 12.9. The van der Waals surface area contributed by atoms with Crippen molar-refractivity contribution in [3.8, 4) is 5.75 Å². The van der Waals surface area contributed by atoms with Crippen LogP contribution in [-0.2, 0) is 25.2 Å². The number of rotatable bonds is 11. The van der Waals surface area contributed by atoms with Gasteiger partial charge in [0.15, 0.2) is 0 Å². The molecular weight excluding hydrogens is 536 g/mol. The smallest absolute Gasteiger partial charge is 0.237 e. The molecule has 3 amide bonds. The standard InChI is InChI=1S/C34H45ClN2O4/c1-7-33(3,4)22-15-18-29(26(20-22)34(5,6)8-2)41-19-11-14-30(38)36-23-16-17-28(27(35)21-23)37-31(39)24-12-9-10-13-25(24)32(37)40/h15-18,20-21,24-25H,7-14,19H2,1-6H3,(H,36,38)/t24-,25-/m0/s1. The van der Waals surface area contributed by atoms with Gasteiger partial charge >= 0.3 is 0 Å². The number of nitrogens with one attached hydrogen (secondary N) is 1. The lowest BCUT2D eigenvalue weighted by molar-refractivity contribution is -0.122. The zero-order valence-electron chi connectivity index (χ0n) is 25.4. The molecule has 0 unspecified atom stereocenters. The van der Waals surface area contributed by atoms with Crippen LogP contribution in [0.5, 0.6) is 5.75 Å². The Hall–Kier alpha value is -2.86. The highest BCUT2D eigenvalue weighted by Crippen LogP contribution is 2.42. The fourth-order valence-electron chi connectivity index (χ4n) is 5.80. The molecule has 1 aliphatic heterocycles. The molecule has 2 aromatic rings. The van der Waals surface area contributed by atoms with Crippen molar-refractivity contribution in [1.82, 2.24) is 0 Å². The molecule has 1 saturated heterocycles. The van der Waals surface area contributed by atoms with E-state index in [1.54, 1.807) is 18.2 Å². The van der Waals surface area contributed by atoms with Crippen molar-refractivity contribution < 1.29 is 19.1 Å². The van der Waals surface area contributed by atoms with Crippen molar-refractivity contribution in [3.63, 3.8) is 0 Å². The van der Waals surface area contributed by atoms with Gasteiger partial charge in [-0.1, -0.05) is 78.1 Å². The minimum Gasteiger partial charge on any atom is -0.493 e. The topological polar surface area (TPSA) is 75.7 Å². The summed E-state index contributed by atoms with van der Waals surface area (Å²) in [4.78, 5) is 39.8. The molecule has 4 rings (SSSR count). The minimum absolute atomic E-state index is 0.0275. The number of ether oxygens (including phenoxy) is 1. The zero-order valence-corrected chi connectivity index (χ0v) is 26.2. The normalized spacial score (nSPS) is 19.3. The molecule has 2 atom stereocenters. The van der Waals surface area contributed by atoms with Crippen molar-refractivity contribution >= 4 is 40.7 Å². The molecule has 1 saturated carbocycles. The zero-order chi connectivity index (χ0) is 29.9. The van der Waals surface area contributed by atoms with Crippen molar-refractivity contribution in [2.75, 3.05) is 16.8 Å². The van der Waals surface area contributed by atoms with Crippen LogP contribution in [0.4, 0.5) is 11.4 Å². The first-order valence-electron chi connectivity index (χ1n) is 15.1. The number of hydrogen-bond acceptors (Lipinski definition) is 4. The van der Waals surface area contributed by atoms with E-state index in [0.717, 1.165) is 44.3 Å². The quantitative estimate of drug-likeness (QED) is 0.215. The number of imide groups is 1. The number of halogens is 1. The third-order valence-electron chi connectivity index (χ3n) is 9.38. The Morgan fingerprint density at radius 1 is 0.951 bits per heavy atom. The first-order chi connectivity index (χ1) is 19.4. The van der Waals surface area contributed by atoms with Crippen molar-refractivity contribution in [3.05, 3.63) is 52.5 Å². The van der Waals surface area contributed by atoms with Gasteiger partial charge in [0.05, 0.1) is 29.2 Å². The summed E-state index contributed by atoms with van der Waals surface area (Å²) in [5.41, 5.74) is 3.50. The molecule has 222 valence electrons. The van der Waals surface area contributed by atoms with Crippen LogP contribution in [0.2, 0.25) is 5.02 Å². The summed E-state index contributed by atoms with van der Waals surface area (Å²) >= 11 is 6.51. The molecule has 0 aromatic heterocycles. The van der Waals surface area contributed by atoms with E-state index in [2.05, 4.69) is 65.1 Å². The molecule has 6 nitrogen and oxygen atoms in total. The lowest BCUT2D eigenvalue weighted by Gasteiger charge is -2.30. The average Bonchev–Trinajstić information content (AvgIpc) is 3.20. The summed E-state index contributed by atoms with van der Waals surface area (Å²) in [6.07, 6.45) is 6.34. The number of benzene rings is 2. The van der Waals surface area contributed by atoms with Crippen LogP contribution in [0.15, 0.2) is 36.4 Å². The van der Waals surface area contributed by atoms with E-state index in [-0.39, 0.29) is 45.4 Å². The number of anilines is 2. The molecule has 1 aliphatic carbocycles. The van der Waals surface area contributed by atoms with E-state index < -0.39 is 0 Å². The van der Waals surface area contributed by atoms with Gasteiger partial charge < -0.3 is 10.1 Å². The molecule has 2 aromatic carbocycles. The Bertz CT molecular complexity index is 1280. The van der Waals surface area contributed by atoms with Gasteiger partial charge in [0.25, 0.3) is 0 Å². The van der Waals surface area contributed by atoms with Crippen LogP contribution >= 0.6 is 11.6 Å². The lowest BCUT2D eigenvalue weighted by Crippen LogP contribution is -2.31. The van der Waals surface area contributed by atoms with E-state index in [4.69, 9.17) is 16.3 Å². The maximum Gasteiger partial charge on any atom is 0.237 e. The summed E-state index contributed by atoms with van der Waals surface area (Å²) < 4.78 is 6.21. The summed E-state index contributed by atoms with van der Waals surface area (Å²) in [6, 6.07) is 11.5. The molecule has 0 bridgehead atoms. The van der Waals surface area contributed by atoms with Gasteiger partial charge in [-0.2, -0.15) is 0 Å². The van der Waals surface area contributed by atoms with Crippen molar-refractivity contribution in [2.24, 2.45) is 11.8 Å². The van der Waals surface area contributed by atoms with E-state index in [9.17, 15) is 14.4 Å². The van der Waals surface area contributed by atoms with Crippen LogP contribution in [0, 0.1) is 11.8 Å². The van der Waals surface area contributed by atoms with Gasteiger partial charge in [0, 0.05) is 17.7 Å². The second-order valence-corrected chi connectivity index (χ2v) is 13.3. The van der Waals surface area contributed by atoms with Gasteiger partial charge in [0.1, 0.15) is 5.75 Å². The number of carbonyl (C=O) groups excluding carboxylic acids is 3. The Balaban J connectivity index is 1.34. The molecule has 41 heavy (non-hydrogen) atoms. The number of hydrogen-bond donors (Lipinski definition) is 1. The minimum atomic E-state index is -0.237. The Labute approximate surface area is 250 Å². The first-order valence-corrected chi connectivity index (χ1v) is 15.5. The summed E-state index contributed by atoms with van der Waals surface area (Å²) in [5.74, 6) is -0.0643. The van der Waals surface area contributed by atoms with Crippen LogP contribution in [-0.4, -0.2) is 24.3 Å². The van der Waals surface area contributed by atoms with E-state index >= 15 is 0 Å². The molecule has 2 fully saturated rings. The van der Waals surface area contributed by atoms with Gasteiger partial charge in [0.2, 0.25) is 17.7 Å². The maximum atomic E-state index is 12.9. The predicted molar refractivity (Wildman–Crippen MR) is 166 cm³/mol. The highest BCUT2D eigenvalue weighted by molar-refractivity contribution is 6.36. The van der Waals surface area contributed by atoms with E-state index in [1.807, 2.05) is 0 Å². The van der Waals surface area contributed by atoms with Crippen molar-refractivity contribution in [2.45, 2.75) is 104 Å². The third kappa shape index (κ3) is 6.63. The van der Waals surface area contributed by atoms with Crippen LogP contribution in [0.1, 0.15) is 104 Å². The molecule has 1 N–H and O–H groups in total. The number of nitrogens with zero attached hydrogens (tertiary/aromatic N) is 1. The van der Waals surface area contributed by atoms with Gasteiger partial charge in [-0.05, 0) is 72.8 Å². The fraction of sp³-hybridized carbons (Fsp3) is 0.559. The average molecular weight is 581 g/mol. The highest BCUT2D eigenvalue weighted by Gasteiger charge is 2.49. The lowest BCUT2D eigenvalue weighted by atomic mass is 9.76. The largest absolute Gasteiger partial charge is 0.493 e. The number of amides is 3. The monoisotopic (exact) mass is 580 g/mol. The number of fused-ring (bicyclic) bond motifs is 1. The number of carbonyl (C=O) groups is 3. The Morgan fingerprint density at radius 2 is 1.59 bits per heavy atom. The van der Waals surface area contributed by atoms with Gasteiger partial charge in [-0.15, -0.1) is 0 Å². The molecule has 2 aliphatic rings. The van der Waals surface area contributed by atoms with Crippen LogP contribution in [0.3, 0.4) is 0 Å². The second kappa shape index (κ2) is 12.6. The summed E-state index contributed by atoms with van der Waals surface area (Å²) in [5, 5.41) is 3.15. The highest BCUT2D eigenvalue weighted by atomic mass is 35.5. The first kappa shape index (κ1) is 31.1. The summed E-state index contributed by atoms with van der Waals surface area (Å²) in [6.45, 7) is 13.8. The molecule has 0 radical (unpaired) electrons. The van der Waals surface area contributed by atoms with Gasteiger partial charge in [-0.3, -0.25) is 14.4 Å². The molecule has 0 spiro atoms. The fourth-order valence-corrected chi connectivity index (χ4v) is 6.07. The molecule has 7 heteroatoms. The van der Waals surface area contributed by atoms with Crippen LogP contribution in [0.25, 0.3) is 0 Å². The Morgan fingerprint density at radius 3 is 2.17 bits per heavy atom. The second-order valence-electron chi connectivity index (χ2n) is 12.9. The SMILES string of the molecule is CCC(C)(C)c1ccc(OCCCC(=O)Nc2ccc(N3C(=O)[C@H]4CCCC[C@@H]4C3=O)c(Cl)c2)c(C(C)(C)CC)c1. The van der Waals surface area contributed by atoms with Gasteiger partial charge in [-0.25, -0.2) is 4.90 Å². The molecular formula is C34H45ClN2O4. The molecule has 1 heterocycles. The third-order valence-corrected chi connectivity index (χ3v) is 9.68.